The molecule has 1 unspecified atom stereocenters. The van der Waals surface area contributed by atoms with Crippen LogP contribution in [-0.2, 0) is 9.53 Å². The number of aliphatic hydroxyl groups is 1. The van der Waals surface area contributed by atoms with Gasteiger partial charge in [0.1, 0.15) is 0 Å². The normalized spacial score (nSPS) is 12.6. The third kappa shape index (κ3) is 5.09. The van der Waals surface area contributed by atoms with E-state index in [1.54, 1.807) is 0 Å². The molecule has 0 aromatic heterocycles. The second-order valence-electron chi connectivity index (χ2n) is 2.10. The highest BCUT2D eigenvalue weighted by Crippen LogP contribution is 2.11. The number of ether oxygens (including phenoxy) is 1. The Balaban J connectivity index is 3.36. The number of esters is 1. The molecule has 0 saturated heterocycles. The second-order valence-corrected chi connectivity index (χ2v) is 3.29. The minimum Gasteiger partial charge on any atom is -0.466 e. The van der Waals surface area contributed by atoms with Crippen LogP contribution >= 0.6 is 11.8 Å². The predicted octanol–water partition coefficient (Wildman–Crippen LogP) is 1.01. The fourth-order valence-corrected chi connectivity index (χ4v) is 1.42. The molecule has 1 N–H and O–H groups in total. The van der Waals surface area contributed by atoms with Gasteiger partial charge in [0.25, 0.3) is 0 Å². The molecule has 0 rings (SSSR count). The van der Waals surface area contributed by atoms with Gasteiger partial charge < -0.3 is 9.84 Å². The van der Waals surface area contributed by atoms with E-state index in [1.165, 1.54) is 18.9 Å². The number of unbranched alkanes of at least 4 members (excludes halogenated alkanes) is 1. The molecular weight excluding hydrogens is 164 g/mol. The SMILES string of the molecule is CCCCSC(O)C(=O)OC. The standard InChI is InChI=1S/C7H14O3S/c1-3-4-5-11-7(9)6(8)10-2/h7,9H,3-5H2,1-2H3. The second kappa shape index (κ2) is 6.49. The van der Waals surface area contributed by atoms with E-state index in [-0.39, 0.29) is 0 Å². The Kier molecular flexibility index (Phi) is 6.36. The molecule has 4 heteroatoms. The molecular formula is C7H14O3S. The quantitative estimate of drug-likeness (QED) is 0.388. The van der Waals surface area contributed by atoms with Crippen LogP contribution in [0.1, 0.15) is 19.8 Å². The maximum atomic E-state index is 10.6. The minimum absolute atomic E-state index is 0.564. The van der Waals surface area contributed by atoms with Crippen LogP contribution in [-0.4, -0.2) is 29.4 Å². The van der Waals surface area contributed by atoms with E-state index >= 15 is 0 Å². The Hall–Kier alpha value is -0.220. The van der Waals surface area contributed by atoms with Crippen LogP contribution in [0.5, 0.6) is 0 Å². The Morgan fingerprint density at radius 3 is 2.82 bits per heavy atom. The maximum Gasteiger partial charge on any atom is 0.345 e. The Morgan fingerprint density at radius 1 is 1.73 bits per heavy atom. The van der Waals surface area contributed by atoms with Crippen LogP contribution in [0.3, 0.4) is 0 Å². The maximum absolute atomic E-state index is 10.6. The van der Waals surface area contributed by atoms with E-state index in [2.05, 4.69) is 11.7 Å². The zero-order valence-corrected chi connectivity index (χ0v) is 7.69. The average molecular weight is 178 g/mol. The lowest BCUT2D eigenvalue weighted by atomic mass is 10.4. The van der Waals surface area contributed by atoms with Gasteiger partial charge in [-0.1, -0.05) is 13.3 Å². The van der Waals surface area contributed by atoms with Gasteiger partial charge in [-0.2, -0.15) is 0 Å². The highest BCUT2D eigenvalue weighted by atomic mass is 32.2. The first-order valence-electron chi connectivity index (χ1n) is 3.59. The van der Waals surface area contributed by atoms with Gasteiger partial charge in [0.15, 0.2) is 5.44 Å². The highest BCUT2D eigenvalue weighted by Gasteiger charge is 2.14. The fourth-order valence-electron chi connectivity index (χ4n) is 0.508. The van der Waals surface area contributed by atoms with Gasteiger partial charge in [0.05, 0.1) is 7.11 Å². The van der Waals surface area contributed by atoms with Crippen molar-refractivity contribution in [3.05, 3.63) is 0 Å². The molecule has 0 bridgehead atoms. The summed E-state index contributed by atoms with van der Waals surface area (Å²) in [7, 11) is 1.27. The minimum atomic E-state index is -1.01. The third-order valence-electron chi connectivity index (χ3n) is 1.18. The van der Waals surface area contributed by atoms with Crippen molar-refractivity contribution in [3.63, 3.8) is 0 Å². The van der Waals surface area contributed by atoms with Gasteiger partial charge in [-0.15, -0.1) is 11.8 Å². The van der Waals surface area contributed by atoms with Gasteiger partial charge in [-0.3, -0.25) is 0 Å². The monoisotopic (exact) mass is 178 g/mol. The van der Waals surface area contributed by atoms with Crippen LogP contribution in [0.15, 0.2) is 0 Å². The van der Waals surface area contributed by atoms with E-state index in [1.807, 2.05) is 0 Å². The smallest absolute Gasteiger partial charge is 0.345 e. The van der Waals surface area contributed by atoms with Crippen molar-refractivity contribution in [2.45, 2.75) is 25.2 Å². The summed E-state index contributed by atoms with van der Waals surface area (Å²) in [4.78, 5) is 10.6. The van der Waals surface area contributed by atoms with Crippen molar-refractivity contribution < 1.29 is 14.6 Å². The Labute approximate surface area is 71.1 Å². The van der Waals surface area contributed by atoms with Crippen LogP contribution in [0, 0.1) is 0 Å². The van der Waals surface area contributed by atoms with E-state index in [0.717, 1.165) is 18.6 Å². The van der Waals surface area contributed by atoms with E-state index < -0.39 is 11.4 Å². The topological polar surface area (TPSA) is 46.5 Å². The fraction of sp³-hybridized carbons (Fsp3) is 0.857. The number of carbonyl (C=O) groups is 1. The number of hydrogen-bond acceptors (Lipinski definition) is 4. The zero-order chi connectivity index (χ0) is 8.69. The zero-order valence-electron chi connectivity index (χ0n) is 6.87. The molecule has 0 aliphatic rings. The van der Waals surface area contributed by atoms with Crippen molar-refractivity contribution in [2.24, 2.45) is 0 Å². The molecule has 66 valence electrons. The summed E-state index contributed by atoms with van der Waals surface area (Å²) in [5.41, 5.74) is -1.01. The number of thioether (sulfide) groups is 1. The molecule has 0 spiro atoms. The molecule has 0 radical (unpaired) electrons. The molecule has 0 aliphatic carbocycles. The molecule has 0 fully saturated rings. The van der Waals surface area contributed by atoms with Crippen LogP contribution in [0.4, 0.5) is 0 Å². The summed E-state index contributed by atoms with van der Waals surface area (Å²) >= 11 is 1.21. The number of hydrogen-bond donors (Lipinski definition) is 1. The summed E-state index contributed by atoms with van der Waals surface area (Å²) < 4.78 is 4.33. The lowest BCUT2D eigenvalue weighted by Gasteiger charge is -2.06. The summed E-state index contributed by atoms with van der Waals surface area (Å²) in [5, 5.41) is 9.03. The van der Waals surface area contributed by atoms with Crippen molar-refractivity contribution in [3.8, 4) is 0 Å². The van der Waals surface area contributed by atoms with E-state index in [9.17, 15) is 4.79 Å². The molecule has 0 aromatic carbocycles. The van der Waals surface area contributed by atoms with Crippen molar-refractivity contribution in [1.82, 2.24) is 0 Å². The summed E-state index contributed by atoms with van der Waals surface area (Å²) in [5.74, 6) is 0.235. The summed E-state index contributed by atoms with van der Waals surface area (Å²) in [6.07, 6.45) is 2.08. The van der Waals surface area contributed by atoms with Gasteiger partial charge in [0.2, 0.25) is 0 Å². The molecule has 0 aromatic rings. The number of carbonyl (C=O) groups excluding carboxylic acids is 1. The molecule has 0 amide bonds. The lowest BCUT2D eigenvalue weighted by molar-refractivity contribution is -0.145. The van der Waals surface area contributed by atoms with Gasteiger partial charge in [-0.05, 0) is 12.2 Å². The largest absolute Gasteiger partial charge is 0.466 e. The molecule has 1 atom stereocenters. The van der Waals surface area contributed by atoms with Crippen LogP contribution in [0.25, 0.3) is 0 Å². The van der Waals surface area contributed by atoms with Crippen molar-refractivity contribution in [2.75, 3.05) is 12.9 Å². The third-order valence-corrected chi connectivity index (χ3v) is 2.21. The molecule has 0 saturated carbocycles. The lowest BCUT2D eigenvalue weighted by Crippen LogP contribution is -2.18. The van der Waals surface area contributed by atoms with Gasteiger partial charge >= 0.3 is 5.97 Å². The number of aliphatic hydroxyl groups excluding tert-OH is 1. The Morgan fingerprint density at radius 2 is 2.36 bits per heavy atom. The van der Waals surface area contributed by atoms with Gasteiger partial charge in [-0.25, -0.2) is 4.79 Å². The van der Waals surface area contributed by atoms with Crippen LogP contribution in [0.2, 0.25) is 0 Å². The molecule has 0 heterocycles. The molecule has 3 nitrogen and oxygen atoms in total. The molecule has 11 heavy (non-hydrogen) atoms. The van der Waals surface area contributed by atoms with Crippen molar-refractivity contribution >= 4 is 17.7 Å². The first-order valence-corrected chi connectivity index (χ1v) is 4.64. The number of methoxy groups -OCH3 is 1. The highest BCUT2D eigenvalue weighted by molar-refractivity contribution is 8.00. The van der Waals surface area contributed by atoms with Gasteiger partial charge in [0, 0.05) is 0 Å². The Bertz CT molecular complexity index is 116. The van der Waals surface area contributed by atoms with Crippen LogP contribution < -0.4 is 0 Å². The first kappa shape index (κ1) is 10.8. The average Bonchev–Trinajstić information content (AvgIpc) is 2.03. The predicted molar refractivity (Wildman–Crippen MR) is 45.4 cm³/mol. The summed E-state index contributed by atoms with van der Waals surface area (Å²) in [6, 6.07) is 0. The van der Waals surface area contributed by atoms with E-state index in [4.69, 9.17) is 5.11 Å². The van der Waals surface area contributed by atoms with E-state index in [0.29, 0.717) is 0 Å². The summed E-state index contributed by atoms with van der Waals surface area (Å²) in [6.45, 7) is 2.06. The molecule has 0 aliphatic heterocycles. The first-order chi connectivity index (χ1) is 5.22. The van der Waals surface area contributed by atoms with Crippen molar-refractivity contribution in [1.29, 1.82) is 0 Å². The number of rotatable bonds is 5.